The third kappa shape index (κ3) is 1.92. The van der Waals surface area contributed by atoms with Gasteiger partial charge in [-0.25, -0.2) is 0 Å². The van der Waals surface area contributed by atoms with Crippen LogP contribution in [0.2, 0.25) is 0 Å². The van der Waals surface area contributed by atoms with Gasteiger partial charge in [-0.2, -0.15) is 0 Å². The van der Waals surface area contributed by atoms with Crippen LogP contribution in [0.25, 0.3) is 10.9 Å². The molecule has 0 N–H and O–H groups in total. The summed E-state index contributed by atoms with van der Waals surface area (Å²) in [7, 11) is 0. The molecule has 14 heavy (non-hydrogen) atoms. The number of aromatic nitrogens is 1. The van der Waals surface area contributed by atoms with E-state index in [0.717, 1.165) is 5.52 Å². The molecular formula is C13H15N. The van der Waals surface area contributed by atoms with Crippen molar-refractivity contribution in [1.29, 1.82) is 0 Å². The molecule has 2 aromatic rings. The molecule has 0 aliphatic heterocycles. The van der Waals surface area contributed by atoms with Crippen LogP contribution in [0.4, 0.5) is 0 Å². The van der Waals surface area contributed by atoms with Crippen molar-refractivity contribution in [3.63, 3.8) is 0 Å². The SMILES string of the molecule is CCCCc1ccc2ncccc2c1. The fourth-order valence-corrected chi connectivity index (χ4v) is 1.66. The molecule has 1 heteroatoms. The second-order valence-corrected chi connectivity index (χ2v) is 3.63. The van der Waals surface area contributed by atoms with Crippen LogP contribution >= 0.6 is 0 Å². The molecular weight excluding hydrogens is 170 g/mol. The minimum Gasteiger partial charge on any atom is -0.256 e. The van der Waals surface area contributed by atoms with Crippen molar-refractivity contribution < 1.29 is 0 Å². The summed E-state index contributed by atoms with van der Waals surface area (Å²) < 4.78 is 0. The molecule has 1 heterocycles. The van der Waals surface area contributed by atoms with Crippen LogP contribution in [-0.2, 0) is 6.42 Å². The van der Waals surface area contributed by atoms with E-state index in [9.17, 15) is 0 Å². The molecule has 0 unspecified atom stereocenters. The van der Waals surface area contributed by atoms with Gasteiger partial charge in [0.05, 0.1) is 5.52 Å². The van der Waals surface area contributed by atoms with Crippen molar-refractivity contribution in [2.45, 2.75) is 26.2 Å². The van der Waals surface area contributed by atoms with Crippen LogP contribution in [0.15, 0.2) is 36.5 Å². The average molecular weight is 185 g/mol. The van der Waals surface area contributed by atoms with Crippen molar-refractivity contribution in [2.24, 2.45) is 0 Å². The number of hydrogen-bond donors (Lipinski definition) is 0. The Hall–Kier alpha value is -1.37. The first-order valence-corrected chi connectivity index (χ1v) is 5.24. The molecule has 0 aliphatic rings. The van der Waals surface area contributed by atoms with Gasteiger partial charge in [0, 0.05) is 11.6 Å². The average Bonchev–Trinajstić information content (AvgIpc) is 2.26. The third-order valence-corrected chi connectivity index (χ3v) is 2.49. The lowest BCUT2D eigenvalue weighted by Crippen LogP contribution is -1.85. The molecule has 72 valence electrons. The highest BCUT2D eigenvalue weighted by Gasteiger charge is 1.95. The Labute approximate surface area is 84.8 Å². The molecule has 0 aliphatic carbocycles. The Bertz CT molecular complexity index is 420. The first-order chi connectivity index (χ1) is 6.90. The maximum absolute atomic E-state index is 4.30. The Morgan fingerprint density at radius 2 is 2.14 bits per heavy atom. The molecule has 0 saturated heterocycles. The van der Waals surface area contributed by atoms with E-state index in [4.69, 9.17) is 0 Å². The van der Waals surface area contributed by atoms with Gasteiger partial charge in [0.2, 0.25) is 0 Å². The highest BCUT2D eigenvalue weighted by Crippen LogP contribution is 2.14. The molecule has 0 bridgehead atoms. The zero-order valence-electron chi connectivity index (χ0n) is 8.53. The van der Waals surface area contributed by atoms with Crippen LogP contribution in [0, 0.1) is 0 Å². The summed E-state index contributed by atoms with van der Waals surface area (Å²) in [5.41, 5.74) is 2.51. The Balaban J connectivity index is 2.32. The van der Waals surface area contributed by atoms with Gasteiger partial charge in [0.15, 0.2) is 0 Å². The first-order valence-electron chi connectivity index (χ1n) is 5.24. The Kier molecular flexibility index (Phi) is 2.78. The number of benzene rings is 1. The molecule has 2 rings (SSSR count). The zero-order chi connectivity index (χ0) is 9.80. The number of fused-ring (bicyclic) bond motifs is 1. The van der Waals surface area contributed by atoms with Crippen LogP contribution in [0.5, 0.6) is 0 Å². The molecule has 1 aromatic heterocycles. The lowest BCUT2D eigenvalue weighted by atomic mass is 10.1. The number of aryl methyl sites for hydroxylation is 1. The molecule has 0 atom stereocenters. The highest BCUT2D eigenvalue weighted by molar-refractivity contribution is 5.78. The summed E-state index contributed by atoms with van der Waals surface area (Å²) in [4.78, 5) is 4.30. The monoisotopic (exact) mass is 185 g/mol. The van der Waals surface area contributed by atoms with E-state index in [0.29, 0.717) is 0 Å². The van der Waals surface area contributed by atoms with Crippen molar-refractivity contribution in [2.75, 3.05) is 0 Å². The standard InChI is InChI=1S/C13H15N/c1-2-3-5-11-7-8-13-12(10-11)6-4-9-14-13/h4,6-10H,2-3,5H2,1H3. The van der Waals surface area contributed by atoms with E-state index in [1.54, 1.807) is 0 Å². The van der Waals surface area contributed by atoms with Crippen LogP contribution < -0.4 is 0 Å². The number of hydrogen-bond acceptors (Lipinski definition) is 1. The molecule has 1 aromatic carbocycles. The van der Waals surface area contributed by atoms with Crippen molar-refractivity contribution in [1.82, 2.24) is 4.98 Å². The molecule has 0 spiro atoms. The largest absolute Gasteiger partial charge is 0.256 e. The zero-order valence-corrected chi connectivity index (χ0v) is 8.53. The molecule has 0 radical (unpaired) electrons. The van der Waals surface area contributed by atoms with Crippen molar-refractivity contribution >= 4 is 10.9 Å². The predicted molar refractivity (Wildman–Crippen MR) is 60.4 cm³/mol. The van der Waals surface area contributed by atoms with Gasteiger partial charge >= 0.3 is 0 Å². The van der Waals surface area contributed by atoms with E-state index in [-0.39, 0.29) is 0 Å². The minimum absolute atomic E-state index is 1.09. The highest BCUT2D eigenvalue weighted by atomic mass is 14.6. The molecule has 0 amide bonds. The van der Waals surface area contributed by atoms with Crippen molar-refractivity contribution in [3.05, 3.63) is 42.1 Å². The Morgan fingerprint density at radius 1 is 1.21 bits per heavy atom. The van der Waals surface area contributed by atoms with E-state index in [1.165, 1.54) is 30.2 Å². The maximum atomic E-state index is 4.30. The minimum atomic E-state index is 1.09. The normalized spacial score (nSPS) is 10.6. The summed E-state index contributed by atoms with van der Waals surface area (Å²) in [5, 5.41) is 1.25. The second kappa shape index (κ2) is 4.23. The smallest absolute Gasteiger partial charge is 0.0702 e. The lowest BCUT2D eigenvalue weighted by molar-refractivity contribution is 0.796. The fourth-order valence-electron chi connectivity index (χ4n) is 1.66. The van der Waals surface area contributed by atoms with Gasteiger partial charge in [0.1, 0.15) is 0 Å². The molecule has 1 nitrogen and oxygen atoms in total. The second-order valence-electron chi connectivity index (χ2n) is 3.63. The maximum Gasteiger partial charge on any atom is 0.0702 e. The molecule has 0 saturated carbocycles. The van der Waals surface area contributed by atoms with Gasteiger partial charge < -0.3 is 0 Å². The predicted octanol–water partition coefficient (Wildman–Crippen LogP) is 3.58. The first kappa shape index (κ1) is 9.20. The van der Waals surface area contributed by atoms with Gasteiger partial charge in [-0.05, 0) is 36.6 Å². The summed E-state index contributed by atoms with van der Waals surface area (Å²) in [6, 6.07) is 10.7. The third-order valence-electron chi connectivity index (χ3n) is 2.49. The van der Waals surface area contributed by atoms with Gasteiger partial charge in [-0.3, -0.25) is 4.98 Å². The number of nitrogens with zero attached hydrogens (tertiary/aromatic N) is 1. The Morgan fingerprint density at radius 3 is 3.00 bits per heavy atom. The van der Waals surface area contributed by atoms with Crippen LogP contribution in [-0.4, -0.2) is 4.98 Å². The summed E-state index contributed by atoms with van der Waals surface area (Å²) in [6.07, 6.45) is 5.55. The van der Waals surface area contributed by atoms with Crippen LogP contribution in [0.1, 0.15) is 25.3 Å². The van der Waals surface area contributed by atoms with Crippen LogP contribution in [0.3, 0.4) is 0 Å². The fraction of sp³-hybridized carbons (Fsp3) is 0.308. The lowest BCUT2D eigenvalue weighted by Gasteiger charge is -2.01. The van der Waals surface area contributed by atoms with Gasteiger partial charge in [-0.15, -0.1) is 0 Å². The quantitative estimate of drug-likeness (QED) is 0.712. The van der Waals surface area contributed by atoms with Gasteiger partial charge in [0.25, 0.3) is 0 Å². The summed E-state index contributed by atoms with van der Waals surface area (Å²) in [6.45, 7) is 2.22. The van der Waals surface area contributed by atoms with E-state index in [2.05, 4.69) is 36.2 Å². The number of unbranched alkanes of at least 4 members (excludes halogenated alkanes) is 1. The van der Waals surface area contributed by atoms with E-state index >= 15 is 0 Å². The summed E-state index contributed by atoms with van der Waals surface area (Å²) in [5.74, 6) is 0. The van der Waals surface area contributed by atoms with Crippen molar-refractivity contribution in [3.8, 4) is 0 Å². The topological polar surface area (TPSA) is 12.9 Å². The molecule has 0 fully saturated rings. The van der Waals surface area contributed by atoms with E-state index < -0.39 is 0 Å². The van der Waals surface area contributed by atoms with Gasteiger partial charge in [-0.1, -0.05) is 25.5 Å². The number of pyridine rings is 1. The van der Waals surface area contributed by atoms with E-state index in [1.807, 2.05) is 12.3 Å². The summed E-state index contributed by atoms with van der Waals surface area (Å²) >= 11 is 0. The number of rotatable bonds is 3.